The molecular weight excluding hydrogens is 640 g/mol. The lowest BCUT2D eigenvalue weighted by Gasteiger charge is -2.53. The molecular formula is C40H30B4N4O2Si. The summed E-state index contributed by atoms with van der Waals surface area (Å²) in [5.74, 6) is 13.0. The number of para-hydroxylation sites is 4. The molecule has 0 N–H and O–H groups in total. The zero-order valence-electron chi connectivity index (χ0n) is 27.7. The van der Waals surface area contributed by atoms with E-state index < -0.39 is 8.07 Å². The summed E-state index contributed by atoms with van der Waals surface area (Å²) in [6.07, 6.45) is 24.1. The molecule has 0 amide bonds. The van der Waals surface area contributed by atoms with Gasteiger partial charge in [-0.3, -0.25) is 0 Å². The van der Waals surface area contributed by atoms with Crippen LogP contribution in [0.5, 0.6) is 23.0 Å². The summed E-state index contributed by atoms with van der Waals surface area (Å²) in [4.78, 5) is 0. The first-order chi connectivity index (χ1) is 25.3. The minimum absolute atomic E-state index is 0.0247. The van der Waals surface area contributed by atoms with E-state index >= 15 is 0 Å². The van der Waals surface area contributed by atoms with Crippen LogP contribution in [0.15, 0.2) is 182 Å². The maximum Gasteiger partial charge on any atom is 0.381 e. The normalized spacial score (nSPS) is 19.1. The van der Waals surface area contributed by atoms with E-state index in [1.54, 1.807) is 0 Å². The Morgan fingerprint density at radius 3 is 1.47 bits per heavy atom. The molecule has 1 fully saturated rings. The summed E-state index contributed by atoms with van der Waals surface area (Å²) >= 11 is 0. The van der Waals surface area contributed by atoms with Crippen molar-refractivity contribution in [1.29, 1.82) is 0 Å². The van der Waals surface area contributed by atoms with Crippen molar-refractivity contribution < 1.29 is 9.47 Å². The molecule has 0 unspecified atom stereocenters. The number of nitrogens with zero attached hydrogens (tertiary/aromatic N) is 4. The van der Waals surface area contributed by atoms with Gasteiger partial charge >= 0.3 is 27.9 Å². The lowest BCUT2D eigenvalue weighted by molar-refractivity contribution is 0.481. The first-order valence-electron chi connectivity index (χ1n) is 17.6. The van der Waals surface area contributed by atoms with Gasteiger partial charge in [-0.15, -0.1) is 0 Å². The van der Waals surface area contributed by atoms with E-state index in [9.17, 15) is 0 Å². The fourth-order valence-corrected chi connectivity index (χ4v) is 14.2. The first-order valence-corrected chi connectivity index (χ1v) is 19.6. The summed E-state index contributed by atoms with van der Waals surface area (Å²) < 4.78 is 23.5. The van der Waals surface area contributed by atoms with Gasteiger partial charge in [-0.25, -0.2) is 0 Å². The molecule has 7 aliphatic heterocycles. The van der Waals surface area contributed by atoms with E-state index in [2.05, 4.69) is 201 Å². The van der Waals surface area contributed by atoms with Gasteiger partial charge in [-0.1, -0.05) is 115 Å². The molecule has 238 valence electrons. The van der Waals surface area contributed by atoms with Crippen molar-refractivity contribution in [2.24, 2.45) is 0 Å². The number of allylic oxidation sites excluding steroid dienone is 8. The van der Waals surface area contributed by atoms with Gasteiger partial charge < -0.3 is 28.4 Å². The third-order valence-corrected chi connectivity index (χ3v) is 16.1. The van der Waals surface area contributed by atoms with Gasteiger partial charge in [0, 0.05) is 5.56 Å². The van der Waals surface area contributed by atoms with Gasteiger partial charge in [0.25, 0.3) is 0 Å². The standard InChI is InChI=1S/C40H30B4N4O2Si/c1-4-18-36-33(15-1)49-34-16-2-5-19-37(34)51(36)38-20-6-3-17-35(38)50-40-32(14-13-21-39(40)51)31-22-29-48-43-25-8-11-27-46(43)41-23-7-10-26-45(41)42-24-9-12-28-47(42)44(48)30-31/h1-30H. The number of rotatable bonds is 1. The van der Waals surface area contributed by atoms with Crippen molar-refractivity contribution in [2.45, 2.75) is 0 Å². The predicted octanol–water partition coefficient (Wildman–Crippen LogP) is 4.77. The van der Waals surface area contributed by atoms with E-state index in [1.807, 2.05) is 0 Å². The molecule has 0 atom stereocenters. The van der Waals surface area contributed by atoms with Crippen LogP contribution in [0.25, 0.3) is 5.57 Å². The molecule has 0 saturated carbocycles. The monoisotopic (exact) mass is 670 g/mol. The Morgan fingerprint density at radius 2 is 0.902 bits per heavy atom. The van der Waals surface area contributed by atoms with Crippen molar-refractivity contribution in [3.05, 3.63) is 188 Å². The van der Waals surface area contributed by atoms with E-state index in [0.29, 0.717) is 0 Å². The van der Waals surface area contributed by atoms with Crippen molar-refractivity contribution >= 4 is 62.3 Å². The van der Waals surface area contributed by atoms with Crippen LogP contribution < -0.4 is 30.2 Å². The van der Waals surface area contributed by atoms with Crippen LogP contribution in [0.4, 0.5) is 0 Å². The Labute approximate surface area is 300 Å². The Hall–Kier alpha value is -5.92. The Kier molecular flexibility index (Phi) is 6.25. The molecule has 51 heavy (non-hydrogen) atoms. The van der Waals surface area contributed by atoms with Crippen LogP contribution in [0.2, 0.25) is 0 Å². The average Bonchev–Trinajstić information content (AvgIpc) is 3.20. The first kappa shape index (κ1) is 28.9. The van der Waals surface area contributed by atoms with E-state index in [1.165, 1.54) is 20.7 Å². The minimum atomic E-state index is -2.85. The predicted molar refractivity (Wildman–Crippen MR) is 213 cm³/mol. The minimum Gasteiger partial charge on any atom is -0.458 e. The number of hydrogen-bond acceptors (Lipinski definition) is 6. The van der Waals surface area contributed by atoms with Gasteiger partial charge in [0.2, 0.25) is 0 Å². The lowest BCUT2D eigenvalue weighted by atomic mass is 9.41. The van der Waals surface area contributed by atoms with Crippen molar-refractivity contribution in [1.82, 2.24) is 18.9 Å². The topological polar surface area (TPSA) is 31.4 Å². The molecule has 0 aliphatic carbocycles. The third kappa shape index (κ3) is 4.03. The maximum atomic E-state index is 7.08. The van der Waals surface area contributed by atoms with Crippen LogP contribution in [0.3, 0.4) is 0 Å². The van der Waals surface area contributed by atoms with Crippen molar-refractivity contribution in [3.63, 3.8) is 0 Å². The van der Waals surface area contributed by atoms with E-state index in [-0.39, 0.29) is 27.9 Å². The molecule has 0 radical (unpaired) electrons. The van der Waals surface area contributed by atoms with Crippen LogP contribution in [-0.4, -0.2) is 54.9 Å². The molecule has 7 heterocycles. The Morgan fingerprint density at radius 1 is 0.431 bits per heavy atom. The molecule has 7 aliphatic rings. The van der Waals surface area contributed by atoms with E-state index in [0.717, 1.165) is 34.1 Å². The average molecular weight is 670 g/mol. The van der Waals surface area contributed by atoms with Gasteiger partial charge in [0.1, 0.15) is 23.0 Å². The van der Waals surface area contributed by atoms with Crippen molar-refractivity contribution in [2.75, 3.05) is 0 Å². The fourth-order valence-electron chi connectivity index (χ4n) is 9.08. The summed E-state index contributed by atoms with van der Waals surface area (Å²) in [7, 11) is -2.85. The number of hydrogen-bond donors (Lipinski definition) is 0. The van der Waals surface area contributed by atoms with Crippen LogP contribution >= 0.6 is 0 Å². The highest BCUT2D eigenvalue weighted by atomic mass is 28.3. The summed E-state index contributed by atoms with van der Waals surface area (Å²) in [5, 5.41) is 5.00. The largest absolute Gasteiger partial charge is 0.458 e. The quantitative estimate of drug-likeness (QED) is 0.235. The SMILES string of the molecule is C1=CB2N(C=C1)B1C=CC=CN1B1C=C(c3cccc4c3Oc3ccccc3[Si]43c4ccccc4Oc4ccccc43)C=CN1B1C=CC=CN21. The highest BCUT2D eigenvalue weighted by Gasteiger charge is 2.54. The summed E-state index contributed by atoms with van der Waals surface area (Å²) in [6.45, 7) is 0.0570. The second-order valence-corrected chi connectivity index (χ2v) is 17.3. The highest BCUT2D eigenvalue weighted by molar-refractivity contribution is 7.21. The molecule has 1 spiro atoms. The molecule has 11 rings (SSSR count). The molecule has 0 aromatic heterocycles. The zero-order chi connectivity index (χ0) is 33.5. The van der Waals surface area contributed by atoms with Crippen molar-refractivity contribution in [3.8, 4) is 23.0 Å². The lowest BCUT2D eigenvalue weighted by Crippen LogP contribution is -2.77. The molecule has 6 nitrogen and oxygen atoms in total. The fraction of sp³-hybridized carbons (Fsp3) is 0. The molecule has 4 aromatic rings. The Bertz CT molecular complexity index is 2290. The summed E-state index contributed by atoms with van der Waals surface area (Å²) in [6, 6.07) is 32.6. The van der Waals surface area contributed by atoms with Gasteiger partial charge in [0.15, 0.2) is 8.07 Å². The second kappa shape index (κ2) is 11.0. The van der Waals surface area contributed by atoms with Gasteiger partial charge in [-0.2, -0.15) is 0 Å². The smallest absolute Gasteiger partial charge is 0.381 e. The molecule has 4 aromatic carbocycles. The number of ether oxygens (including phenoxy) is 2. The highest BCUT2D eigenvalue weighted by Crippen LogP contribution is 2.40. The van der Waals surface area contributed by atoms with Crippen LogP contribution in [0, 0.1) is 0 Å². The summed E-state index contributed by atoms with van der Waals surface area (Å²) in [5.41, 5.74) is 2.23. The third-order valence-electron chi connectivity index (χ3n) is 11.2. The van der Waals surface area contributed by atoms with Gasteiger partial charge in [-0.05, 0) is 93.6 Å². The van der Waals surface area contributed by atoms with Crippen LogP contribution in [-0.2, 0) is 0 Å². The molecule has 1 saturated heterocycles. The molecule has 0 bridgehead atoms. The maximum absolute atomic E-state index is 7.08. The Balaban J connectivity index is 1.12. The van der Waals surface area contributed by atoms with Crippen LogP contribution in [0.1, 0.15) is 5.56 Å². The number of fused-ring (bicyclic) bond motifs is 16. The van der Waals surface area contributed by atoms with E-state index in [4.69, 9.17) is 9.47 Å². The second-order valence-electron chi connectivity index (χ2n) is 13.7. The zero-order valence-corrected chi connectivity index (χ0v) is 28.7. The molecule has 11 heteroatoms. The van der Waals surface area contributed by atoms with Gasteiger partial charge in [0.05, 0.1) is 0 Å². The number of benzene rings is 4.